The van der Waals surface area contributed by atoms with E-state index in [9.17, 15) is 21.6 Å². The summed E-state index contributed by atoms with van der Waals surface area (Å²) < 4.78 is 62.6. The summed E-state index contributed by atoms with van der Waals surface area (Å²) in [6.45, 7) is 0.829. The number of alkyl halides is 3. The first kappa shape index (κ1) is 15.6. The summed E-state index contributed by atoms with van der Waals surface area (Å²) in [5, 5.41) is -1.14. The van der Waals surface area contributed by atoms with Gasteiger partial charge in [-0.05, 0) is 19.8 Å². The molecule has 1 aliphatic rings. The van der Waals surface area contributed by atoms with Crippen molar-refractivity contribution in [3.05, 3.63) is 0 Å². The molecule has 106 valence electrons. The molecular formula is C9H15F3N2O2S2. The third-order valence-corrected chi connectivity index (χ3v) is 5.76. The highest BCUT2D eigenvalue weighted by Crippen LogP contribution is 2.34. The van der Waals surface area contributed by atoms with Gasteiger partial charge in [-0.25, -0.2) is 12.7 Å². The standard InChI is InChI=1S/C9H15F3N2O2S2/c1-6(8(13)17)18(15,16)14-4-2-3-7(5-14)9(10,11)12/h6-7H,2-5H2,1H3,(H2,13,17). The summed E-state index contributed by atoms with van der Waals surface area (Å²) in [7, 11) is -3.89. The Kier molecular flexibility index (Phi) is 4.60. The van der Waals surface area contributed by atoms with Crippen molar-refractivity contribution in [3.63, 3.8) is 0 Å². The molecule has 1 saturated heterocycles. The molecular weight excluding hydrogens is 289 g/mol. The van der Waals surface area contributed by atoms with Crippen LogP contribution >= 0.6 is 12.2 Å². The number of hydrogen-bond acceptors (Lipinski definition) is 3. The minimum absolute atomic E-state index is 0.0447. The minimum atomic E-state index is -4.37. The second-order valence-electron chi connectivity index (χ2n) is 4.33. The van der Waals surface area contributed by atoms with E-state index in [1.54, 1.807) is 0 Å². The van der Waals surface area contributed by atoms with Gasteiger partial charge < -0.3 is 5.73 Å². The molecule has 0 aromatic rings. The van der Waals surface area contributed by atoms with Gasteiger partial charge in [0.1, 0.15) is 5.25 Å². The van der Waals surface area contributed by atoms with Gasteiger partial charge in [0.2, 0.25) is 10.0 Å². The molecule has 0 aliphatic carbocycles. The Bertz CT molecular complexity index is 422. The zero-order valence-corrected chi connectivity index (χ0v) is 11.4. The van der Waals surface area contributed by atoms with Gasteiger partial charge in [0.15, 0.2) is 0 Å². The summed E-state index contributed by atoms with van der Waals surface area (Å²) in [6, 6.07) is 0. The topological polar surface area (TPSA) is 63.4 Å². The van der Waals surface area contributed by atoms with Crippen molar-refractivity contribution in [1.29, 1.82) is 0 Å². The van der Waals surface area contributed by atoms with Crippen LogP contribution in [0.4, 0.5) is 13.2 Å². The molecule has 0 spiro atoms. The second-order valence-corrected chi connectivity index (χ2v) is 7.05. The zero-order chi connectivity index (χ0) is 14.1. The Morgan fingerprint density at radius 3 is 2.50 bits per heavy atom. The van der Waals surface area contributed by atoms with Crippen molar-refractivity contribution in [2.75, 3.05) is 13.1 Å². The maximum Gasteiger partial charge on any atom is 0.393 e. The predicted octanol–water partition coefficient (Wildman–Crippen LogP) is 1.27. The molecule has 18 heavy (non-hydrogen) atoms. The molecule has 0 aromatic heterocycles. The Hall–Kier alpha value is -0.410. The fraction of sp³-hybridized carbons (Fsp3) is 0.889. The Morgan fingerprint density at radius 2 is 2.06 bits per heavy atom. The number of hydrogen-bond donors (Lipinski definition) is 1. The van der Waals surface area contributed by atoms with Crippen molar-refractivity contribution in [2.45, 2.75) is 31.2 Å². The molecule has 1 rings (SSSR count). The zero-order valence-electron chi connectivity index (χ0n) is 9.77. The van der Waals surface area contributed by atoms with Gasteiger partial charge in [-0.15, -0.1) is 0 Å². The van der Waals surface area contributed by atoms with Crippen LogP contribution < -0.4 is 5.73 Å². The highest BCUT2D eigenvalue weighted by Gasteiger charge is 2.45. The molecule has 4 nitrogen and oxygen atoms in total. The summed E-state index contributed by atoms with van der Waals surface area (Å²) in [5.74, 6) is -1.61. The quantitative estimate of drug-likeness (QED) is 0.798. The van der Waals surface area contributed by atoms with Crippen LogP contribution in [0.2, 0.25) is 0 Å². The molecule has 0 saturated carbocycles. The second kappa shape index (κ2) is 5.30. The molecule has 0 aromatic carbocycles. The normalized spacial score (nSPS) is 24.8. The third kappa shape index (κ3) is 3.33. The van der Waals surface area contributed by atoms with E-state index in [0.717, 1.165) is 4.31 Å². The fourth-order valence-electron chi connectivity index (χ4n) is 1.81. The fourth-order valence-corrected chi connectivity index (χ4v) is 3.69. The maximum absolute atomic E-state index is 12.6. The lowest BCUT2D eigenvalue weighted by Crippen LogP contribution is -2.49. The molecule has 2 N–H and O–H groups in total. The number of piperidine rings is 1. The first-order valence-electron chi connectivity index (χ1n) is 5.42. The highest BCUT2D eigenvalue weighted by atomic mass is 32.2. The van der Waals surface area contributed by atoms with E-state index in [1.807, 2.05) is 0 Å². The molecule has 2 unspecified atom stereocenters. The van der Waals surface area contributed by atoms with E-state index in [-0.39, 0.29) is 24.4 Å². The van der Waals surface area contributed by atoms with Crippen LogP contribution in [0, 0.1) is 5.92 Å². The average Bonchev–Trinajstić information content (AvgIpc) is 2.27. The molecule has 1 aliphatic heterocycles. The Labute approximate surface area is 109 Å². The molecule has 0 bridgehead atoms. The van der Waals surface area contributed by atoms with E-state index in [1.165, 1.54) is 6.92 Å². The van der Waals surface area contributed by atoms with Gasteiger partial charge in [0, 0.05) is 13.1 Å². The maximum atomic E-state index is 12.6. The lowest BCUT2D eigenvalue weighted by molar-refractivity contribution is -0.182. The largest absolute Gasteiger partial charge is 0.393 e. The molecule has 1 fully saturated rings. The number of halogens is 3. The molecule has 9 heteroatoms. The van der Waals surface area contributed by atoms with Crippen LogP contribution in [0.5, 0.6) is 0 Å². The van der Waals surface area contributed by atoms with E-state index in [4.69, 9.17) is 5.73 Å². The van der Waals surface area contributed by atoms with Crippen LogP contribution in [-0.4, -0.2) is 42.2 Å². The van der Waals surface area contributed by atoms with Gasteiger partial charge in [0.05, 0.1) is 10.9 Å². The third-order valence-electron chi connectivity index (χ3n) is 3.05. The average molecular weight is 304 g/mol. The number of nitrogens with zero attached hydrogens (tertiary/aromatic N) is 1. The Morgan fingerprint density at radius 1 is 1.50 bits per heavy atom. The molecule has 1 heterocycles. The van der Waals surface area contributed by atoms with Gasteiger partial charge in [-0.1, -0.05) is 12.2 Å². The van der Waals surface area contributed by atoms with E-state index < -0.39 is 33.9 Å². The van der Waals surface area contributed by atoms with Gasteiger partial charge in [-0.2, -0.15) is 13.2 Å². The van der Waals surface area contributed by atoms with E-state index >= 15 is 0 Å². The number of nitrogens with two attached hydrogens (primary N) is 1. The summed E-state index contributed by atoms with van der Waals surface area (Å²) >= 11 is 4.59. The number of rotatable bonds is 3. The van der Waals surface area contributed by atoms with E-state index in [2.05, 4.69) is 12.2 Å². The lowest BCUT2D eigenvalue weighted by atomic mass is 9.99. The lowest BCUT2D eigenvalue weighted by Gasteiger charge is -2.34. The first-order chi connectivity index (χ1) is 8.06. The first-order valence-corrected chi connectivity index (χ1v) is 7.33. The number of sulfonamides is 1. The summed E-state index contributed by atoms with van der Waals surface area (Å²) in [4.78, 5) is -0.232. The smallest absolute Gasteiger partial charge is 0.392 e. The van der Waals surface area contributed by atoms with Gasteiger partial charge in [0.25, 0.3) is 0 Å². The van der Waals surface area contributed by atoms with Crippen LogP contribution in [0.1, 0.15) is 19.8 Å². The predicted molar refractivity (Wildman–Crippen MR) is 65.5 cm³/mol. The van der Waals surface area contributed by atoms with Crippen molar-refractivity contribution in [1.82, 2.24) is 4.31 Å². The van der Waals surface area contributed by atoms with Crippen LogP contribution in [0.15, 0.2) is 0 Å². The van der Waals surface area contributed by atoms with Crippen LogP contribution in [0.25, 0.3) is 0 Å². The monoisotopic (exact) mass is 304 g/mol. The van der Waals surface area contributed by atoms with Crippen molar-refractivity contribution < 1.29 is 21.6 Å². The SMILES string of the molecule is CC(C(N)=S)S(=O)(=O)N1CCCC(C(F)(F)F)C1. The molecule has 0 radical (unpaired) electrons. The van der Waals surface area contributed by atoms with Gasteiger partial charge in [-0.3, -0.25) is 0 Å². The van der Waals surface area contributed by atoms with Crippen molar-refractivity contribution in [3.8, 4) is 0 Å². The molecule has 2 atom stereocenters. The van der Waals surface area contributed by atoms with Crippen molar-refractivity contribution >= 4 is 27.2 Å². The van der Waals surface area contributed by atoms with Crippen molar-refractivity contribution in [2.24, 2.45) is 11.7 Å². The minimum Gasteiger partial charge on any atom is -0.392 e. The summed E-state index contributed by atoms with van der Waals surface area (Å²) in [5.41, 5.74) is 5.25. The highest BCUT2D eigenvalue weighted by molar-refractivity contribution is 7.92. The molecule has 0 amide bonds. The van der Waals surface area contributed by atoms with E-state index in [0.29, 0.717) is 0 Å². The van der Waals surface area contributed by atoms with Crippen LogP contribution in [0.3, 0.4) is 0 Å². The van der Waals surface area contributed by atoms with Crippen LogP contribution in [-0.2, 0) is 10.0 Å². The Balaban J connectivity index is 2.88. The van der Waals surface area contributed by atoms with Gasteiger partial charge >= 0.3 is 6.18 Å². The summed E-state index contributed by atoms with van der Waals surface area (Å²) in [6.07, 6.45) is -4.23. The number of thiocarbonyl (C=S) groups is 1.